The second-order valence-corrected chi connectivity index (χ2v) is 6.45. The van der Waals surface area contributed by atoms with Crippen LogP contribution in [0.5, 0.6) is 5.75 Å². The number of anilines is 1. The lowest BCUT2D eigenvalue weighted by molar-refractivity contribution is 0.408. The first-order chi connectivity index (χ1) is 9.54. The van der Waals surface area contributed by atoms with Crippen molar-refractivity contribution in [1.29, 1.82) is 0 Å². The van der Waals surface area contributed by atoms with Crippen molar-refractivity contribution in [2.75, 3.05) is 12.4 Å². The summed E-state index contributed by atoms with van der Waals surface area (Å²) in [4.78, 5) is 1.37. The van der Waals surface area contributed by atoms with Gasteiger partial charge in [0.05, 0.1) is 13.2 Å². The van der Waals surface area contributed by atoms with E-state index in [4.69, 9.17) is 4.74 Å². The molecule has 1 aromatic heterocycles. The molecule has 0 spiro atoms. The van der Waals surface area contributed by atoms with E-state index in [1.807, 2.05) is 0 Å². The van der Waals surface area contributed by atoms with E-state index in [9.17, 15) is 0 Å². The highest BCUT2D eigenvalue weighted by Gasteiger charge is 2.18. The second-order valence-electron chi connectivity index (χ2n) is 5.47. The zero-order valence-corrected chi connectivity index (χ0v) is 13.7. The average molecular weight is 289 g/mol. The molecule has 1 N–H and O–H groups in total. The molecule has 3 heteroatoms. The van der Waals surface area contributed by atoms with Gasteiger partial charge in [0.25, 0.3) is 0 Å². The third-order valence-electron chi connectivity index (χ3n) is 3.63. The third-order valence-corrected chi connectivity index (χ3v) is 4.59. The summed E-state index contributed by atoms with van der Waals surface area (Å²) >= 11 is 1.80. The zero-order chi connectivity index (χ0) is 14.7. The molecular weight excluding hydrogens is 266 g/mol. The molecule has 20 heavy (non-hydrogen) atoms. The van der Waals surface area contributed by atoms with Gasteiger partial charge in [-0.2, -0.15) is 0 Å². The van der Waals surface area contributed by atoms with Crippen LogP contribution in [0.15, 0.2) is 29.6 Å². The molecular formula is C17H23NOS. The molecule has 0 fully saturated rings. The van der Waals surface area contributed by atoms with Gasteiger partial charge in [-0.3, -0.25) is 0 Å². The summed E-state index contributed by atoms with van der Waals surface area (Å²) in [5, 5.41) is 5.82. The number of hydrogen-bond acceptors (Lipinski definition) is 3. The van der Waals surface area contributed by atoms with Gasteiger partial charge in [-0.1, -0.05) is 26.0 Å². The summed E-state index contributed by atoms with van der Waals surface area (Å²) in [7, 11) is 1.73. The lowest BCUT2D eigenvalue weighted by Crippen LogP contribution is -2.16. The fourth-order valence-electron chi connectivity index (χ4n) is 2.50. The van der Waals surface area contributed by atoms with E-state index < -0.39 is 0 Å². The molecule has 108 valence electrons. The average Bonchev–Trinajstić information content (AvgIpc) is 2.91. The maximum absolute atomic E-state index is 5.51. The second kappa shape index (κ2) is 6.31. The highest BCUT2D eigenvalue weighted by atomic mass is 32.1. The van der Waals surface area contributed by atoms with E-state index in [0.717, 1.165) is 11.4 Å². The maximum Gasteiger partial charge on any atom is 0.126 e. The minimum absolute atomic E-state index is 0.334. The highest BCUT2D eigenvalue weighted by Crippen LogP contribution is 2.34. The molecule has 0 aliphatic rings. The van der Waals surface area contributed by atoms with Crippen LogP contribution in [-0.2, 0) is 0 Å². The minimum atomic E-state index is 0.334. The van der Waals surface area contributed by atoms with Crippen molar-refractivity contribution >= 4 is 17.0 Å². The Bertz CT molecular complexity index is 561. The maximum atomic E-state index is 5.51. The smallest absolute Gasteiger partial charge is 0.126 e. The SMILES string of the molecule is COc1c(C)ccc(NC(c2cccs2)C(C)C)c1C. The van der Waals surface area contributed by atoms with Crippen LogP contribution in [0.2, 0.25) is 0 Å². The topological polar surface area (TPSA) is 21.3 Å². The Kier molecular flexibility index (Phi) is 4.71. The fourth-order valence-corrected chi connectivity index (χ4v) is 3.45. The van der Waals surface area contributed by atoms with Gasteiger partial charge in [0.1, 0.15) is 5.75 Å². The van der Waals surface area contributed by atoms with E-state index in [1.165, 1.54) is 16.0 Å². The number of nitrogens with one attached hydrogen (secondary N) is 1. The van der Waals surface area contributed by atoms with Crippen LogP contribution in [0.25, 0.3) is 0 Å². The fraction of sp³-hybridized carbons (Fsp3) is 0.412. The number of aryl methyl sites for hydroxylation is 1. The number of ether oxygens (including phenoxy) is 1. The Morgan fingerprint density at radius 3 is 2.45 bits per heavy atom. The molecule has 0 saturated carbocycles. The highest BCUT2D eigenvalue weighted by molar-refractivity contribution is 7.10. The van der Waals surface area contributed by atoms with Crippen LogP contribution in [0.3, 0.4) is 0 Å². The molecule has 0 aliphatic heterocycles. The lowest BCUT2D eigenvalue weighted by atomic mass is 10.0. The van der Waals surface area contributed by atoms with Crippen molar-refractivity contribution in [1.82, 2.24) is 0 Å². The molecule has 0 amide bonds. The molecule has 0 radical (unpaired) electrons. The van der Waals surface area contributed by atoms with Gasteiger partial charge in [-0.25, -0.2) is 0 Å². The van der Waals surface area contributed by atoms with Crippen molar-refractivity contribution in [2.24, 2.45) is 5.92 Å². The summed E-state index contributed by atoms with van der Waals surface area (Å²) in [6.45, 7) is 8.69. The van der Waals surface area contributed by atoms with E-state index in [1.54, 1.807) is 18.4 Å². The predicted octanol–water partition coefficient (Wildman–Crippen LogP) is 5.18. The summed E-state index contributed by atoms with van der Waals surface area (Å²) in [6, 6.07) is 8.90. The molecule has 0 aliphatic carbocycles. The summed E-state index contributed by atoms with van der Waals surface area (Å²) < 4.78 is 5.51. The van der Waals surface area contributed by atoms with Crippen LogP contribution in [0.1, 0.15) is 35.9 Å². The summed E-state index contributed by atoms with van der Waals surface area (Å²) in [5.41, 5.74) is 3.50. The van der Waals surface area contributed by atoms with Gasteiger partial charge >= 0.3 is 0 Å². The molecule has 0 saturated heterocycles. The van der Waals surface area contributed by atoms with Crippen LogP contribution < -0.4 is 10.1 Å². The molecule has 1 atom stereocenters. The standard InChI is InChI=1S/C17H23NOS/c1-11(2)16(15-7-6-10-20-15)18-14-9-8-12(3)17(19-5)13(14)4/h6-11,16,18H,1-5H3. The van der Waals surface area contributed by atoms with Crippen molar-refractivity contribution in [2.45, 2.75) is 33.7 Å². The van der Waals surface area contributed by atoms with Crippen LogP contribution in [-0.4, -0.2) is 7.11 Å². The van der Waals surface area contributed by atoms with Gasteiger partial charge in [-0.15, -0.1) is 11.3 Å². The molecule has 1 heterocycles. The van der Waals surface area contributed by atoms with Crippen molar-refractivity contribution in [3.05, 3.63) is 45.6 Å². The zero-order valence-electron chi connectivity index (χ0n) is 12.9. The van der Waals surface area contributed by atoms with Gasteiger partial charge in [0.15, 0.2) is 0 Å². The largest absolute Gasteiger partial charge is 0.496 e. The van der Waals surface area contributed by atoms with E-state index >= 15 is 0 Å². The number of thiophene rings is 1. The third kappa shape index (κ3) is 2.98. The summed E-state index contributed by atoms with van der Waals surface area (Å²) in [6.07, 6.45) is 0. The summed E-state index contributed by atoms with van der Waals surface area (Å²) in [5.74, 6) is 1.50. The van der Waals surface area contributed by atoms with E-state index in [-0.39, 0.29) is 0 Å². The van der Waals surface area contributed by atoms with Crippen LogP contribution >= 0.6 is 11.3 Å². The number of benzene rings is 1. The van der Waals surface area contributed by atoms with Gasteiger partial charge in [0.2, 0.25) is 0 Å². The first-order valence-corrected chi connectivity index (χ1v) is 7.86. The lowest BCUT2D eigenvalue weighted by Gasteiger charge is -2.24. The Morgan fingerprint density at radius 2 is 1.90 bits per heavy atom. The first-order valence-electron chi connectivity index (χ1n) is 6.98. The predicted molar refractivity (Wildman–Crippen MR) is 88.0 cm³/mol. The molecule has 0 bridgehead atoms. The molecule has 1 unspecified atom stereocenters. The van der Waals surface area contributed by atoms with Crippen molar-refractivity contribution in [3.63, 3.8) is 0 Å². The van der Waals surface area contributed by atoms with Crippen molar-refractivity contribution < 1.29 is 4.74 Å². The monoisotopic (exact) mass is 289 g/mol. The molecule has 1 aromatic carbocycles. The van der Waals surface area contributed by atoms with Crippen molar-refractivity contribution in [3.8, 4) is 5.75 Å². The molecule has 2 rings (SSSR count). The number of rotatable bonds is 5. The van der Waals surface area contributed by atoms with Gasteiger partial charge in [0, 0.05) is 16.1 Å². The number of methoxy groups -OCH3 is 1. The minimum Gasteiger partial charge on any atom is -0.496 e. The Hall–Kier alpha value is -1.48. The van der Waals surface area contributed by atoms with E-state index in [2.05, 4.69) is 62.7 Å². The van der Waals surface area contributed by atoms with Gasteiger partial charge in [-0.05, 0) is 42.8 Å². The normalized spacial score (nSPS) is 12.5. The Balaban J connectivity index is 2.32. The van der Waals surface area contributed by atoms with Crippen LogP contribution in [0, 0.1) is 19.8 Å². The first kappa shape index (κ1) is 14.9. The van der Waals surface area contributed by atoms with Crippen LogP contribution in [0.4, 0.5) is 5.69 Å². The Morgan fingerprint density at radius 1 is 1.15 bits per heavy atom. The number of hydrogen-bond donors (Lipinski definition) is 1. The van der Waals surface area contributed by atoms with Gasteiger partial charge < -0.3 is 10.1 Å². The van der Waals surface area contributed by atoms with E-state index in [0.29, 0.717) is 12.0 Å². The quantitative estimate of drug-likeness (QED) is 0.818. The Labute approximate surface area is 125 Å². The molecule has 2 aromatic rings. The molecule has 2 nitrogen and oxygen atoms in total.